The van der Waals surface area contributed by atoms with Gasteiger partial charge < -0.3 is 5.32 Å². The molecule has 3 aromatic rings. The third kappa shape index (κ3) is 6.02. The van der Waals surface area contributed by atoms with Crippen LogP contribution in [0, 0.1) is 20.8 Å². The number of hydrogen-bond acceptors (Lipinski definition) is 3. The van der Waals surface area contributed by atoms with Gasteiger partial charge in [0.1, 0.15) is 6.54 Å². The molecule has 0 saturated carbocycles. The number of aryl methyl sites for hydroxylation is 3. The van der Waals surface area contributed by atoms with Crippen molar-refractivity contribution >= 4 is 33.2 Å². The van der Waals surface area contributed by atoms with Gasteiger partial charge in [0.25, 0.3) is 10.0 Å². The van der Waals surface area contributed by atoms with Gasteiger partial charge in [-0.25, -0.2) is 8.42 Å². The second kappa shape index (κ2) is 10.5. The van der Waals surface area contributed by atoms with Gasteiger partial charge in [-0.05, 0) is 80.3 Å². The Morgan fingerprint density at radius 1 is 0.972 bits per heavy atom. The van der Waals surface area contributed by atoms with Crippen molar-refractivity contribution in [3.63, 3.8) is 0 Å². The van der Waals surface area contributed by atoms with Crippen LogP contribution in [-0.4, -0.2) is 20.9 Å². The lowest BCUT2D eigenvalue weighted by atomic mass is 9.96. The van der Waals surface area contributed by atoms with Gasteiger partial charge in [0.05, 0.1) is 27.2 Å². The smallest absolute Gasteiger partial charge is 0.348 e. The first-order valence-corrected chi connectivity index (χ1v) is 12.8. The number of sulfonamides is 1. The zero-order valence-electron chi connectivity index (χ0n) is 20.2. The summed E-state index contributed by atoms with van der Waals surface area (Å²) in [6, 6.07) is 12.9. The molecule has 0 saturated heterocycles. The molecule has 3 aromatic carbocycles. The zero-order valence-corrected chi connectivity index (χ0v) is 21.7. The first-order chi connectivity index (χ1) is 16.7. The molecule has 1 atom stereocenters. The van der Waals surface area contributed by atoms with E-state index < -0.39 is 45.9 Å². The van der Waals surface area contributed by atoms with Crippen molar-refractivity contribution in [2.45, 2.75) is 44.8 Å². The maximum atomic E-state index is 13.5. The van der Waals surface area contributed by atoms with Crippen LogP contribution >= 0.6 is 11.6 Å². The van der Waals surface area contributed by atoms with E-state index in [0.29, 0.717) is 10.4 Å². The normalized spacial score (nSPS) is 12.8. The van der Waals surface area contributed by atoms with E-state index in [1.165, 1.54) is 24.3 Å². The predicted octanol–water partition coefficient (Wildman–Crippen LogP) is 6.36. The molecule has 10 heteroatoms. The number of carbonyl (C=O) groups excluding carboxylic acids is 1. The van der Waals surface area contributed by atoms with E-state index in [2.05, 4.69) is 5.32 Å². The van der Waals surface area contributed by atoms with Gasteiger partial charge >= 0.3 is 6.18 Å². The second-order valence-electron chi connectivity index (χ2n) is 8.57. The maximum absolute atomic E-state index is 13.5. The summed E-state index contributed by atoms with van der Waals surface area (Å²) in [6.45, 7) is 6.80. The Bertz CT molecular complexity index is 1380. The standard InChI is InChI=1S/C26H26ClF3N2O3S/c1-16-12-18(3)22(13-17(16)2)19(4)31-25(33)15-32(36(34,35)21-8-6-5-7-9-21)24-14-20(26(28,29)30)10-11-23(24)27/h5-14,19H,15H2,1-4H3,(H,31,33). The van der Waals surface area contributed by atoms with Gasteiger partial charge in [-0.3, -0.25) is 9.10 Å². The first-order valence-electron chi connectivity index (χ1n) is 11.0. The third-order valence-corrected chi connectivity index (χ3v) is 7.98. The second-order valence-corrected chi connectivity index (χ2v) is 10.8. The molecule has 0 aromatic heterocycles. The Kier molecular flexibility index (Phi) is 8.05. The lowest BCUT2D eigenvalue weighted by Gasteiger charge is -2.27. The molecule has 0 fully saturated rings. The van der Waals surface area contributed by atoms with Crippen LogP contribution in [0.25, 0.3) is 0 Å². The number of nitrogens with one attached hydrogen (secondary N) is 1. The average molecular weight is 539 g/mol. The highest BCUT2D eigenvalue weighted by atomic mass is 35.5. The summed E-state index contributed by atoms with van der Waals surface area (Å²) < 4.78 is 67.8. The summed E-state index contributed by atoms with van der Waals surface area (Å²) in [5, 5.41) is 2.52. The number of halogens is 4. The van der Waals surface area contributed by atoms with Crippen LogP contribution in [0.2, 0.25) is 5.02 Å². The Labute approximate surface area is 213 Å². The monoisotopic (exact) mass is 538 g/mol. The van der Waals surface area contributed by atoms with E-state index in [1.54, 1.807) is 13.0 Å². The fourth-order valence-electron chi connectivity index (χ4n) is 3.84. The van der Waals surface area contributed by atoms with E-state index in [0.717, 1.165) is 34.4 Å². The lowest BCUT2D eigenvalue weighted by Crippen LogP contribution is -2.42. The number of benzene rings is 3. The third-order valence-electron chi connectivity index (χ3n) is 5.89. The van der Waals surface area contributed by atoms with E-state index in [4.69, 9.17) is 11.6 Å². The number of alkyl halides is 3. The predicted molar refractivity (Wildman–Crippen MR) is 135 cm³/mol. The Hall–Kier alpha value is -3.04. The van der Waals surface area contributed by atoms with E-state index in [-0.39, 0.29) is 9.92 Å². The summed E-state index contributed by atoms with van der Waals surface area (Å²) in [5.74, 6) is -0.701. The van der Waals surface area contributed by atoms with Gasteiger partial charge in [-0.2, -0.15) is 13.2 Å². The number of amides is 1. The molecular weight excluding hydrogens is 513 g/mol. The Morgan fingerprint density at radius 2 is 1.58 bits per heavy atom. The van der Waals surface area contributed by atoms with Crippen LogP contribution < -0.4 is 9.62 Å². The molecule has 0 bridgehead atoms. The Balaban J connectivity index is 2.01. The molecule has 1 unspecified atom stereocenters. The van der Waals surface area contributed by atoms with Crippen LogP contribution in [0.3, 0.4) is 0 Å². The molecule has 36 heavy (non-hydrogen) atoms. The van der Waals surface area contributed by atoms with Crippen molar-refractivity contribution in [3.8, 4) is 0 Å². The number of anilines is 1. The quantitative estimate of drug-likeness (QED) is 0.381. The number of carbonyl (C=O) groups is 1. The van der Waals surface area contributed by atoms with Crippen LogP contribution in [0.4, 0.5) is 18.9 Å². The highest BCUT2D eigenvalue weighted by molar-refractivity contribution is 7.92. The molecule has 0 spiro atoms. The minimum atomic E-state index is -4.74. The molecule has 0 radical (unpaired) electrons. The molecule has 5 nitrogen and oxygen atoms in total. The van der Waals surface area contributed by atoms with Gasteiger partial charge in [-0.15, -0.1) is 0 Å². The van der Waals surface area contributed by atoms with Gasteiger partial charge in [-0.1, -0.05) is 41.9 Å². The average Bonchev–Trinajstić information content (AvgIpc) is 2.80. The van der Waals surface area contributed by atoms with Crippen molar-refractivity contribution < 1.29 is 26.4 Å². The molecule has 0 aliphatic carbocycles. The largest absolute Gasteiger partial charge is 0.416 e. The van der Waals surface area contributed by atoms with Crippen LogP contribution in [0.15, 0.2) is 65.6 Å². The zero-order chi connectivity index (χ0) is 26.8. The van der Waals surface area contributed by atoms with Gasteiger partial charge in [0.2, 0.25) is 5.91 Å². The Morgan fingerprint density at radius 3 is 2.19 bits per heavy atom. The topological polar surface area (TPSA) is 66.5 Å². The first kappa shape index (κ1) is 27.5. The fraction of sp³-hybridized carbons (Fsp3) is 0.269. The van der Waals surface area contributed by atoms with E-state index >= 15 is 0 Å². The molecule has 1 N–H and O–H groups in total. The summed E-state index contributed by atoms with van der Waals surface area (Å²) in [6.07, 6.45) is -4.74. The molecule has 192 valence electrons. The minimum Gasteiger partial charge on any atom is -0.348 e. The molecule has 0 aliphatic rings. The summed E-state index contributed by atoms with van der Waals surface area (Å²) in [5.41, 5.74) is 2.38. The molecule has 3 rings (SSSR count). The van der Waals surface area contributed by atoms with E-state index in [9.17, 15) is 26.4 Å². The van der Waals surface area contributed by atoms with Crippen molar-refractivity contribution in [2.24, 2.45) is 0 Å². The summed E-state index contributed by atoms with van der Waals surface area (Å²) in [7, 11) is -4.43. The highest BCUT2D eigenvalue weighted by Gasteiger charge is 2.34. The maximum Gasteiger partial charge on any atom is 0.416 e. The van der Waals surface area contributed by atoms with Crippen molar-refractivity contribution in [1.29, 1.82) is 0 Å². The number of rotatable bonds is 7. The summed E-state index contributed by atoms with van der Waals surface area (Å²) in [4.78, 5) is 12.9. The molecule has 0 heterocycles. The van der Waals surface area contributed by atoms with Crippen LogP contribution in [0.1, 0.15) is 40.8 Å². The van der Waals surface area contributed by atoms with Gasteiger partial charge in [0.15, 0.2) is 0 Å². The molecule has 0 aliphatic heterocycles. The SMILES string of the molecule is Cc1cc(C)c(C(C)NC(=O)CN(c2cc(C(F)(F)F)ccc2Cl)S(=O)(=O)c2ccccc2)cc1C. The van der Waals surface area contributed by atoms with Crippen LogP contribution in [-0.2, 0) is 21.0 Å². The molecule has 1 amide bonds. The number of hydrogen-bond donors (Lipinski definition) is 1. The van der Waals surface area contributed by atoms with Crippen molar-refractivity contribution in [3.05, 3.63) is 93.5 Å². The lowest BCUT2D eigenvalue weighted by molar-refractivity contribution is -0.137. The van der Waals surface area contributed by atoms with Crippen molar-refractivity contribution in [2.75, 3.05) is 10.8 Å². The molecular formula is C26H26ClF3N2O3S. The van der Waals surface area contributed by atoms with Crippen molar-refractivity contribution in [1.82, 2.24) is 5.32 Å². The van der Waals surface area contributed by atoms with Gasteiger partial charge in [0, 0.05) is 0 Å². The number of nitrogens with zero attached hydrogens (tertiary/aromatic N) is 1. The highest BCUT2D eigenvalue weighted by Crippen LogP contribution is 2.37. The summed E-state index contributed by atoms with van der Waals surface area (Å²) >= 11 is 6.17. The fourth-order valence-corrected chi connectivity index (χ4v) is 5.57. The van der Waals surface area contributed by atoms with Crippen LogP contribution in [0.5, 0.6) is 0 Å². The minimum absolute atomic E-state index is 0.190. The van der Waals surface area contributed by atoms with E-state index in [1.807, 2.05) is 32.9 Å².